The van der Waals surface area contributed by atoms with Crippen molar-refractivity contribution in [2.24, 2.45) is 0 Å². The van der Waals surface area contributed by atoms with Crippen molar-refractivity contribution in [3.05, 3.63) is 81.7 Å². The number of aryl methyl sites for hydroxylation is 2. The van der Waals surface area contributed by atoms with E-state index in [9.17, 15) is 9.90 Å². The predicted octanol–water partition coefficient (Wildman–Crippen LogP) is -3.59. The maximum Gasteiger partial charge on any atom is 1.00 e. The van der Waals surface area contributed by atoms with Crippen LogP contribution in [0.5, 0.6) is 11.5 Å². The van der Waals surface area contributed by atoms with Gasteiger partial charge in [-0.3, -0.25) is 0 Å². The van der Waals surface area contributed by atoms with E-state index in [0.29, 0.717) is 23.3 Å². The number of phenolic OH excluding ortho intramolecular Hbond substituents is 1. The van der Waals surface area contributed by atoms with Crippen LogP contribution in [0.25, 0.3) is 21.7 Å². The van der Waals surface area contributed by atoms with Crippen molar-refractivity contribution < 1.29 is 88.4 Å². The predicted molar refractivity (Wildman–Crippen MR) is 107 cm³/mol. The maximum atomic E-state index is 12.4. The Morgan fingerprint density at radius 2 is 1.53 bits per heavy atom. The van der Waals surface area contributed by atoms with Crippen LogP contribution in [0.4, 0.5) is 4.79 Å². The number of carbonyl (C=O) groups excluding carboxylic acids is 1. The molecule has 0 saturated heterocycles. The van der Waals surface area contributed by atoms with Gasteiger partial charge in [0, 0.05) is 16.8 Å². The number of carbonyl (C=O) groups is 1. The third-order valence-corrected chi connectivity index (χ3v) is 4.56. The Morgan fingerprint density at radius 3 is 2.16 bits per heavy atom. The monoisotopic (exact) mass is 452 g/mol. The fourth-order valence-electron chi connectivity index (χ4n) is 3.10. The molecule has 4 aromatic rings. The first-order valence-electron chi connectivity index (χ1n) is 9.01. The second-order valence-corrected chi connectivity index (χ2v) is 6.71. The number of phenols is 1. The SMILES string of the molecule is Cc1cc2c(cc1O)oc(=O)c1cc(OCc3ccccc3)c(C)cc12.O=C([O-])[O-].[Na+].[Na+]. The molecular formula is C23H18Na2O7. The summed E-state index contributed by atoms with van der Waals surface area (Å²) in [5.74, 6) is 0.767. The van der Waals surface area contributed by atoms with Crippen molar-refractivity contribution in [2.75, 3.05) is 0 Å². The van der Waals surface area contributed by atoms with Gasteiger partial charge in [0.15, 0.2) is 0 Å². The minimum Gasteiger partial charge on any atom is -0.652 e. The first-order valence-corrected chi connectivity index (χ1v) is 9.01. The molecule has 1 heterocycles. The molecule has 154 valence electrons. The zero-order valence-electron chi connectivity index (χ0n) is 18.3. The average molecular weight is 452 g/mol. The number of carboxylic acid groups (broad SMARTS) is 2. The van der Waals surface area contributed by atoms with E-state index >= 15 is 0 Å². The number of hydrogen-bond acceptors (Lipinski definition) is 7. The molecule has 0 aliphatic rings. The summed E-state index contributed by atoms with van der Waals surface area (Å²) in [6, 6.07) is 16.9. The van der Waals surface area contributed by atoms with E-state index in [1.54, 1.807) is 6.07 Å². The Labute approximate surface area is 228 Å². The van der Waals surface area contributed by atoms with Crippen LogP contribution in [0.3, 0.4) is 0 Å². The van der Waals surface area contributed by atoms with Crippen LogP contribution < -0.4 is 79.7 Å². The molecule has 0 bridgehead atoms. The topological polar surface area (TPSA) is 123 Å². The molecule has 32 heavy (non-hydrogen) atoms. The molecule has 0 aliphatic heterocycles. The summed E-state index contributed by atoms with van der Waals surface area (Å²) in [6.07, 6.45) is -2.33. The van der Waals surface area contributed by atoms with Crippen LogP contribution in [0, 0.1) is 13.8 Å². The van der Waals surface area contributed by atoms with Gasteiger partial charge >= 0.3 is 64.7 Å². The van der Waals surface area contributed by atoms with E-state index in [2.05, 4.69) is 0 Å². The number of ether oxygens (including phenoxy) is 1. The normalized spacial score (nSPS) is 9.81. The minimum atomic E-state index is -2.33. The minimum absolute atomic E-state index is 0. The zero-order valence-corrected chi connectivity index (χ0v) is 22.3. The number of fused-ring (bicyclic) bond motifs is 3. The van der Waals surface area contributed by atoms with Gasteiger partial charge < -0.3 is 29.3 Å². The fourth-order valence-corrected chi connectivity index (χ4v) is 3.10. The number of rotatable bonds is 3. The Kier molecular flexibility index (Phi) is 10.8. The van der Waals surface area contributed by atoms with E-state index in [0.717, 1.165) is 27.5 Å². The first kappa shape index (κ1) is 28.0. The van der Waals surface area contributed by atoms with Gasteiger partial charge in [0.25, 0.3) is 0 Å². The average Bonchev–Trinajstić information content (AvgIpc) is 2.69. The molecule has 0 amide bonds. The molecule has 7 nitrogen and oxygen atoms in total. The van der Waals surface area contributed by atoms with Crippen LogP contribution in [0.2, 0.25) is 0 Å². The molecule has 0 radical (unpaired) electrons. The summed E-state index contributed by atoms with van der Waals surface area (Å²) in [4.78, 5) is 20.8. The first-order chi connectivity index (χ1) is 14.3. The molecular weight excluding hydrogens is 434 g/mol. The molecule has 0 atom stereocenters. The Balaban J connectivity index is 0.000000790. The summed E-state index contributed by atoms with van der Waals surface area (Å²) in [6.45, 7) is 4.20. The second kappa shape index (κ2) is 12.3. The van der Waals surface area contributed by atoms with Gasteiger partial charge in [-0.15, -0.1) is 0 Å². The zero-order chi connectivity index (χ0) is 21.8. The van der Waals surface area contributed by atoms with Gasteiger partial charge in [-0.2, -0.15) is 0 Å². The maximum absolute atomic E-state index is 12.4. The molecule has 1 aromatic heterocycles. The molecule has 0 spiro atoms. The third kappa shape index (κ3) is 6.75. The van der Waals surface area contributed by atoms with Crippen LogP contribution in [0.1, 0.15) is 16.7 Å². The summed E-state index contributed by atoms with van der Waals surface area (Å²) >= 11 is 0. The molecule has 0 fully saturated rings. The van der Waals surface area contributed by atoms with Crippen molar-refractivity contribution in [2.45, 2.75) is 20.5 Å². The summed E-state index contributed by atoms with van der Waals surface area (Å²) < 4.78 is 11.3. The van der Waals surface area contributed by atoms with Crippen molar-refractivity contribution >= 4 is 27.9 Å². The number of benzene rings is 3. The molecule has 3 aromatic carbocycles. The Hall–Kier alpha value is -2.00. The molecule has 4 rings (SSSR count). The number of aromatic hydroxyl groups is 1. The van der Waals surface area contributed by atoms with E-state index in [1.807, 2.05) is 56.3 Å². The van der Waals surface area contributed by atoms with Gasteiger partial charge in [0.1, 0.15) is 23.7 Å². The second-order valence-electron chi connectivity index (χ2n) is 6.71. The van der Waals surface area contributed by atoms with Gasteiger partial charge in [-0.1, -0.05) is 30.3 Å². The molecule has 0 saturated carbocycles. The van der Waals surface area contributed by atoms with Crippen molar-refractivity contribution in [3.8, 4) is 11.5 Å². The van der Waals surface area contributed by atoms with E-state index in [-0.39, 0.29) is 64.9 Å². The Bertz CT molecular complexity index is 1280. The summed E-state index contributed by atoms with van der Waals surface area (Å²) in [7, 11) is 0. The van der Waals surface area contributed by atoms with Crippen LogP contribution in [-0.4, -0.2) is 11.3 Å². The summed E-state index contributed by atoms with van der Waals surface area (Å²) in [5.41, 5.74) is 2.66. The number of hydrogen-bond donors (Lipinski definition) is 1. The quantitative estimate of drug-likeness (QED) is 0.194. The van der Waals surface area contributed by atoms with E-state index < -0.39 is 11.8 Å². The van der Waals surface area contributed by atoms with Crippen LogP contribution >= 0.6 is 0 Å². The van der Waals surface area contributed by atoms with Gasteiger partial charge in [-0.05, 0) is 54.9 Å². The van der Waals surface area contributed by atoms with Gasteiger partial charge in [0.2, 0.25) is 0 Å². The fraction of sp³-hybridized carbons (Fsp3) is 0.130. The van der Waals surface area contributed by atoms with Crippen LogP contribution in [0.15, 0.2) is 63.8 Å². The smallest absolute Gasteiger partial charge is 0.652 e. The standard InChI is InChI=1S/C22H18O4.CH2O3.2Na/c1-13-8-17-16-9-14(2)20(25-12-15-6-4-3-5-7-15)10-18(16)22(24)26-21(17)11-19(13)23;2-1(3)4;;/h3-11,23H,12H2,1-2H3;(H2,2,3,4);;/q;;2*+1/p-2. The molecule has 0 unspecified atom stereocenters. The van der Waals surface area contributed by atoms with Crippen molar-refractivity contribution in [3.63, 3.8) is 0 Å². The third-order valence-electron chi connectivity index (χ3n) is 4.56. The van der Waals surface area contributed by atoms with Gasteiger partial charge in [0.05, 0.1) is 5.39 Å². The molecule has 0 aliphatic carbocycles. The largest absolute Gasteiger partial charge is 1.00 e. The van der Waals surface area contributed by atoms with Crippen LogP contribution in [-0.2, 0) is 6.61 Å². The Morgan fingerprint density at radius 1 is 0.938 bits per heavy atom. The van der Waals surface area contributed by atoms with Crippen molar-refractivity contribution in [1.29, 1.82) is 0 Å². The summed E-state index contributed by atoms with van der Waals surface area (Å²) in [5, 5.41) is 28.6. The van der Waals surface area contributed by atoms with E-state index in [1.165, 1.54) is 6.07 Å². The molecule has 1 N–H and O–H groups in total. The molecule has 9 heteroatoms. The van der Waals surface area contributed by atoms with Gasteiger partial charge in [-0.25, -0.2) is 4.79 Å². The van der Waals surface area contributed by atoms with E-state index in [4.69, 9.17) is 24.2 Å². The van der Waals surface area contributed by atoms with Crippen molar-refractivity contribution in [1.82, 2.24) is 0 Å².